The second-order valence-electron chi connectivity index (χ2n) is 8.19. The van der Waals surface area contributed by atoms with Crippen molar-refractivity contribution in [3.05, 3.63) is 107 Å². The number of halogens is 4. The van der Waals surface area contributed by atoms with E-state index in [2.05, 4.69) is 14.7 Å². The molecule has 0 unspecified atom stereocenters. The molecule has 0 saturated carbocycles. The Hall–Kier alpha value is -4.78. The molecule has 3 aromatic carbocycles. The molecule has 0 spiro atoms. The molecule has 2 aromatic heterocycles. The lowest BCUT2D eigenvalue weighted by molar-refractivity contribution is 0.412. The van der Waals surface area contributed by atoms with Crippen molar-refractivity contribution in [2.24, 2.45) is 0 Å². The molecule has 0 aliphatic carbocycles. The molecule has 198 valence electrons. The highest BCUT2D eigenvalue weighted by Gasteiger charge is 2.20. The van der Waals surface area contributed by atoms with Crippen LogP contribution in [0.1, 0.15) is 0 Å². The van der Waals surface area contributed by atoms with E-state index in [1.807, 2.05) is 0 Å². The van der Waals surface area contributed by atoms with Crippen LogP contribution in [0, 0.1) is 23.3 Å². The van der Waals surface area contributed by atoms with Crippen molar-refractivity contribution in [2.75, 3.05) is 11.8 Å². The highest BCUT2D eigenvalue weighted by atomic mass is 32.2. The zero-order valence-corrected chi connectivity index (χ0v) is 20.6. The van der Waals surface area contributed by atoms with Gasteiger partial charge in [0.1, 0.15) is 11.6 Å². The molecule has 0 fully saturated rings. The number of fused-ring (bicyclic) bond motifs is 1. The number of hydrogen-bond donors (Lipinski definition) is 1. The summed E-state index contributed by atoms with van der Waals surface area (Å²) in [6, 6.07) is 11.5. The van der Waals surface area contributed by atoms with Crippen LogP contribution in [-0.2, 0) is 10.0 Å². The zero-order chi connectivity index (χ0) is 27.9. The van der Waals surface area contributed by atoms with E-state index < -0.39 is 38.9 Å². The van der Waals surface area contributed by atoms with Gasteiger partial charge in [-0.25, -0.2) is 40.7 Å². The summed E-state index contributed by atoms with van der Waals surface area (Å²) < 4.78 is 89.8. The molecular formula is C26H16F4N4O4S. The maximum absolute atomic E-state index is 15.2. The molecule has 13 heteroatoms. The Balaban J connectivity index is 1.61. The fourth-order valence-corrected chi connectivity index (χ4v) is 4.94. The van der Waals surface area contributed by atoms with Gasteiger partial charge in [-0.1, -0.05) is 6.07 Å². The summed E-state index contributed by atoms with van der Waals surface area (Å²) in [5.74, 6) is -4.15. The number of benzene rings is 3. The van der Waals surface area contributed by atoms with Crippen LogP contribution in [-0.4, -0.2) is 30.1 Å². The predicted molar refractivity (Wildman–Crippen MR) is 134 cm³/mol. The molecule has 0 bridgehead atoms. The summed E-state index contributed by atoms with van der Waals surface area (Å²) in [4.78, 5) is 19.9. The summed E-state index contributed by atoms with van der Waals surface area (Å²) >= 11 is 0. The van der Waals surface area contributed by atoms with E-state index in [0.29, 0.717) is 5.39 Å². The van der Waals surface area contributed by atoms with E-state index in [-0.39, 0.29) is 38.9 Å². The van der Waals surface area contributed by atoms with Crippen LogP contribution in [0.25, 0.3) is 27.7 Å². The number of ether oxygens (including phenoxy) is 1. The van der Waals surface area contributed by atoms with E-state index in [1.165, 1.54) is 43.5 Å². The minimum absolute atomic E-state index is 0.00891. The summed E-state index contributed by atoms with van der Waals surface area (Å²) in [5.41, 5.74) is -0.406. The van der Waals surface area contributed by atoms with Gasteiger partial charge >= 0.3 is 0 Å². The normalized spacial score (nSPS) is 11.5. The highest BCUT2D eigenvalue weighted by molar-refractivity contribution is 7.92. The van der Waals surface area contributed by atoms with Gasteiger partial charge in [0.05, 0.1) is 35.6 Å². The van der Waals surface area contributed by atoms with E-state index >= 15 is 4.39 Å². The van der Waals surface area contributed by atoms with Gasteiger partial charge in [0.15, 0.2) is 17.5 Å². The standard InChI is InChI=1S/C26H16F4N4O4S/c1-38-24-10-18(14-2-5-19(28)21(30)9-14)20(29)11-23(24)34-22-6-4-17(8-15(22)3-7-25(34)35)39(36,37)33-26-31-12-16(27)13-32-26/h2-13H,1H3,(H,31,32,33). The number of methoxy groups -OCH3 is 1. The number of sulfonamides is 1. The van der Waals surface area contributed by atoms with E-state index in [4.69, 9.17) is 4.74 Å². The van der Waals surface area contributed by atoms with Gasteiger partial charge in [0, 0.05) is 23.1 Å². The molecule has 5 rings (SSSR count). The first kappa shape index (κ1) is 25.9. The van der Waals surface area contributed by atoms with E-state index in [1.54, 1.807) is 0 Å². The monoisotopic (exact) mass is 556 g/mol. The molecule has 0 amide bonds. The highest BCUT2D eigenvalue weighted by Crippen LogP contribution is 2.34. The van der Waals surface area contributed by atoms with Crippen LogP contribution < -0.4 is 15.0 Å². The maximum atomic E-state index is 15.2. The Kier molecular flexibility index (Phi) is 6.52. The molecule has 0 aliphatic rings. The second kappa shape index (κ2) is 9.83. The summed E-state index contributed by atoms with van der Waals surface area (Å²) in [5, 5.41) is 0.296. The number of pyridine rings is 1. The SMILES string of the molecule is COc1cc(-c2ccc(F)c(F)c2)c(F)cc1-n1c(=O)ccc2cc(S(=O)(=O)Nc3ncc(F)cn3)ccc21. The van der Waals surface area contributed by atoms with Crippen molar-refractivity contribution in [1.29, 1.82) is 0 Å². The molecule has 8 nitrogen and oxygen atoms in total. The van der Waals surface area contributed by atoms with Crippen LogP contribution >= 0.6 is 0 Å². The first-order valence-electron chi connectivity index (χ1n) is 11.1. The predicted octanol–water partition coefficient (Wildman–Crippen LogP) is 4.81. The molecule has 1 N–H and O–H groups in total. The van der Waals surface area contributed by atoms with Crippen LogP contribution in [0.5, 0.6) is 5.75 Å². The zero-order valence-electron chi connectivity index (χ0n) is 19.8. The third-order valence-corrected chi connectivity index (χ3v) is 7.09. The van der Waals surface area contributed by atoms with Gasteiger partial charge in [0.2, 0.25) is 5.95 Å². The van der Waals surface area contributed by atoms with Gasteiger partial charge in [0.25, 0.3) is 15.6 Å². The van der Waals surface area contributed by atoms with E-state index in [9.17, 15) is 26.4 Å². The molecule has 5 aromatic rings. The van der Waals surface area contributed by atoms with Crippen molar-refractivity contribution in [3.63, 3.8) is 0 Å². The lowest BCUT2D eigenvalue weighted by atomic mass is 10.0. The first-order valence-corrected chi connectivity index (χ1v) is 12.6. The smallest absolute Gasteiger partial charge is 0.264 e. The van der Waals surface area contributed by atoms with Gasteiger partial charge in [-0.15, -0.1) is 0 Å². The lowest BCUT2D eigenvalue weighted by Gasteiger charge is -2.16. The molecule has 0 saturated heterocycles. The molecule has 0 radical (unpaired) electrons. The molecule has 2 heterocycles. The average molecular weight is 556 g/mol. The third kappa shape index (κ3) is 4.91. The first-order chi connectivity index (χ1) is 18.6. The average Bonchev–Trinajstić information content (AvgIpc) is 2.91. The lowest BCUT2D eigenvalue weighted by Crippen LogP contribution is -2.19. The van der Waals surface area contributed by atoms with Crippen molar-refractivity contribution in [1.82, 2.24) is 14.5 Å². The van der Waals surface area contributed by atoms with Gasteiger partial charge in [-0.3, -0.25) is 9.36 Å². The Morgan fingerprint density at radius 1 is 0.846 bits per heavy atom. The van der Waals surface area contributed by atoms with Crippen LogP contribution in [0.3, 0.4) is 0 Å². The number of anilines is 1. The number of nitrogens with zero attached hydrogens (tertiary/aromatic N) is 3. The molecular weight excluding hydrogens is 540 g/mol. The minimum atomic E-state index is -4.19. The fraction of sp³-hybridized carbons (Fsp3) is 0.0385. The molecule has 0 atom stereocenters. The Morgan fingerprint density at radius 2 is 1.59 bits per heavy atom. The molecule has 39 heavy (non-hydrogen) atoms. The quantitative estimate of drug-likeness (QED) is 0.301. The summed E-state index contributed by atoms with van der Waals surface area (Å²) in [6.07, 6.45) is 1.60. The fourth-order valence-electron chi connectivity index (χ4n) is 3.95. The van der Waals surface area contributed by atoms with Gasteiger partial charge in [-0.05, 0) is 48.0 Å². The summed E-state index contributed by atoms with van der Waals surface area (Å²) in [6.45, 7) is 0. The van der Waals surface area contributed by atoms with Crippen LogP contribution in [0.4, 0.5) is 23.5 Å². The Labute approximate surface area is 218 Å². The largest absolute Gasteiger partial charge is 0.495 e. The number of hydrogen-bond acceptors (Lipinski definition) is 6. The maximum Gasteiger partial charge on any atom is 0.264 e. The minimum Gasteiger partial charge on any atom is -0.495 e. The van der Waals surface area contributed by atoms with Crippen LogP contribution in [0.15, 0.2) is 82.7 Å². The molecule has 0 aliphatic heterocycles. The topological polar surface area (TPSA) is 103 Å². The summed E-state index contributed by atoms with van der Waals surface area (Å²) in [7, 11) is -2.91. The van der Waals surface area contributed by atoms with Gasteiger partial charge in [-0.2, -0.15) is 0 Å². The van der Waals surface area contributed by atoms with Crippen molar-refractivity contribution in [2.45, 2.75) is 4.90 Å². The van der Waals surface area contributed by atoms with Crippen molar-refractivity contribution < 1.29 is 30.7 Å². The van der Waals surface area contributed by atoms with Crippen LogP contribution in [0.2, 0.25) is 0 Å². The third-order valence-electron chi connectivity index (χ3n) is 5.76. The van der Waals surface area contributed by atoms with Crippen molar-refractivity contribution in [3.8, 4) is 22.6 Å². The number of aromatic nitrogens is 3. The number of rotatable bonds is 6. The number of nitrogens with one attached hydrogen (secondary N) is 1. The Morgan fingerprint density at radius 3 is 2.28 bits per heavy atom. The second-order valence-corrected chi connectivity index (χ2v) is 9.87. The van der Waals surface area contributed by atoms with Crippen molar-refractivity contribution >= 4 is 26.9 Å². The Bertz CT molecular complexity index is 1910. The van der Waals surface area contributed by atoms with Gasteiger partial charge < -0.3 is 4.74 Å². The van der Waals surface area contributed by atoms with E-state index in [0.717, 1.165) is 41.2 Å².